The van der Waals surface area contributed by atoms with E-state index >= 15 is 0 Å². The Kier molecular flexibility index (Phi) is 4.39. The number of rotatable bonds is 5. The maximum atomic E-state index is 11.9. The molecule has 0 radical (unpaired) electrons. The Morgan fingerprint density at radius 3 is 3.09 bits per heavy atom. The van der Waals surface area contributed by atoms with Crippen molar-refractivity contribution in [1.82, 2.24) is 10.5 Å². The first-order valence-electron chi connectivity index (χ1n) is 7.22. The maximum absolute atomic E-state index is 11.9. The number of nitrogens with zero attached hydrogens (tertiary/aromatic N) is 1. The highest BCUT2D eigenvalue weighted by molar-refractivity contribution is 5.79. The third kappa shape index (κ3) is 3.12. The minimum absolute atomic E-state index is 0.00672. The van der Waals surface area contributed by atoms with E-state index in [1.54, 1.807) is 7.11 Å². The van der Waals surface area contributed by atoms with Gasteiger partial charge in [-0.3, -0.25) is 4.79 Å². The quantitative estimate of drug-likeness (QED) is 0.914. The van der Waals surface area contributed by atoms with Gasteiger partial charge in [0.25, 0.3) is 0 Å². The molecule has 0 saturated carbocycles. The number of nitrogens with one attached hydrogen (secondary N) is 1. The van der Waals surface area contributed by atoms with Gasteiger partial charge in [0.05, 0.1) is 26.2 Å². The molecule has 1 aromatic carbocycles. The normalized spacial score (nSPS) is 17.4. The van der Waals surface area contributed by atoms with Gasteiger partial charge in [0, 0.05) is 18.2 Å². The van der Waals surface area contributed by atoms with Gasteiger partial charge in [-0.15, -0.1) is 0 Å². The minimum Gasteiger partial charge on any atom is -0.496 e. The van der Waals surface area contributed by atoms with Crippen LogP contribution in [0.3, 0.4) is 0 Å². The van der Waals surface area contributed by atoms with Gasteiger partial charge in [-0.2, -0.15) is 0 Å². The van der Waals surface area contributed by atoms with Crippen LogP contribution in [0.1, 0.15) is 12.2 Å². The van der Waals surface area contributed by atoms with E-state index in [0.29, 0.717) is 31.2 Å². The van der Waals surface area contributed by atoms with Crippen LogP contribution in [-0.2, 0) is 16.1 Å². The first kappa shape index (κ1) is 14.6. The molecule has 1 N–H and O–H groups in total. The van der Waals surface area contributed by atoms with Crippen molar-refractivity contribution in [3.63, 3.8) is 0 Å². The Bertz CT molecular complexity index is 647. The highest BCUT2D eigenvalue weighted by atomic mass is 16.5. The van der Waals surface area contributed by atoms with E-state index in [2.05, 4.69) is 10.5 Å². The average molecular weight is 302 g/mol. The number of amides is 1. The molecule has 6 nitrogen and oxygen atoms in total. The van der Waals surface area contributed by atoms with Gasteiger partial charge in [0.15, 0.2) is 5.76 Å². The molecule has 1 atom stereocenters. The second-order valence-electron chi connectivity index (χ2n) is 5.16. The Hall–Kier alpha value is -2.34. The number of hydrogen-bond donors (Lipinski definition) is 1. The molecule has 2 heterocycles. The van der Waals surface area contributed by atoms with Crippen LogP contribution >= 0.6 is 0 Å². The largest absolute Gasteiger partial charge is 0.496 e. The molecule has 1 saturated heterocycles. The Morgan fingerprint density at radius 2 is 2.32 bits per heavy atom. The molecule has 6 heteroatoms. The number of carbonyl (C=O) groups is 1. The van der Waals surface area contributed by atoms with E-state index in [1.165, 1.54) is 0 Å². The first-order valence-corrected chi connectivity index (χ1v) is 7.22. The molecule has 1 amide bonds. The number of carbonyl (C=O) groups excluding carboxylic acids is 1. The molecule has 3 rings (SSSR count). The molecule has 1 aliphatic heterocycles. The SMILES string of the molecule is COc1ccccc1-c1cc(CNC(=O)[C@@H]2CCOC2)on1. The summed E-state index contributed by atoms with van der Waals surface area (Å²) in [5.74, 6) is 1.27. The molecule has 1 aromatic heterocycles. The highest BCUT2D eigenvalue weighted by Gasteiger charge is 2.23. The van der Waals surface area contributed by atoms with Crippen molar-refractivity contribution in [3.8, 4) is 17.0 Å². The van der Waals surface area contributed by atoms with Crippen LogP contribution in [0.4, 0.5) is 0 Å². The van der Waals surface area contributed by atoms with Gasteiger partial charge in [-0.05, 0) is 18.6 Å². The van der Waals surface area contributed by atoms with Crippen molar-refractivity contribution < 1.29 is 18.8 Å². The van der Waals surface area contributed by atoms with Crippen LogP contribution in [0.25, 0.3) is 11.3 Å². The Morgan fingerprint density at radius 1 is 1.45 bits per heavy atom. The average Bonchev–Trinajstić information content (AvgIpc) is 3.24. The lowest BCUT2D eigenvalue weighted by Crippen LogP contribution is -2.30. The smallest absolute Gasteiger partial charge is 0.225 e. The molecule has 1 fully saturated rings. The molecule has 0 spiro atoms. The highest BCUT2D eigenvalue weighted by Crippen LogP contribution is 2.28. The van der Waals surface area contributed by atoms with Crippen molar-refractivity contribution in [1.29, 1.82) is 0 Å². The zero-order valence-electron chi connectivity index (χ0n) is 12.4. The zero-order valence-corrected chi connectivity index (χ0v) is 12.4. The predicted molar refractivity (Wildman–Crippen MR) is 79.3 cm³/mol. The minimum atomic E-state index is -0.0587. The standard InChI is InChI=1S/C16H18N2O4/c1-20-15-5-3-2-4-13(15)14-8-12(22-18-14)9-17-16(19)11-6-7-21-10-11/h2-5,8,11H,6-7,9-10H2,1H3,(H,17,19)/t11-/m1/s1. The van der Waals surface area contributed by atoms with Gasteiger partial charge in [0.1, 0.15) is 11.4 Å². The van der Waals surface area contributed by atoms with Gasteiger partial charge in [-0.25, -0.2) is 0 Å². The van der Waals surface area contributed by atoms with Crippen LogP contribution in [0.15, 0.2) is 34.9 Å². The summed E-state index contributed by atoms with van der Waals surface area (Å²) in [5.41, 5.74) is 1.54. The lowest BCUT2D eigenvalue weighted by Gasteiger charge is -2.07. The van der Waals surface area contributed by atoms with Gasteiger partial charge in [0.2, 0.25) is 5.91 Å². The molecule has 0 bridgehead atoms. The fraction of sp³-hybridized carbons (Fsp3) is 0.375. The molecule has 1 aliphatic rings. The molecule has 0 aliphatic carbocycles. The summed E-state index contributed by atoms with van der Waals surface area (Å²) in [5, 5.41) is 6.89. The fourth-order valence-electron chi connectivity index (χ4n) is 2.44. The summed E-state index contributed by atoms with van der Waals surface area (Å²) in [7, 11) is 1.61. The van der Waals surface area contributed by atoms with Crippen LogP contribution in [0.2, 0.25) is 0 Å². The van der Waals surface area contributed by atoms with Crippen molar-refractivity contribution in [3.05, 3.63) is 36.1 Å². The predicted octanol–water partition coefficient (Wildman–Crippen LogP) is 2.00. The zero-order chi connectivity index (χ0) is 15.4. The number of hydrogen-bond acceptors (Lipinski definition) is 5. The van der Waals surface area contributed by atoms with Crippen molar-refractivity contribution in [2.24, 2.45) is 5.92 Å². The molecule has 116 valence electrons. The van der Waals surface area contributed by atoms with Crippen LogP contribution in [0.5, 0.6) is 5.75 Å². The maximum Gasteiger partial charge on any atom is 0.225 e. The Balaban J connectivity index is 1.65. The van der Waals surface area contributed by atoms with Crippen molar-refractivity contribution in [2.75, 3.05) is 20.3 Å². The van der Waals surface area contributed by atoms with Crippen molar-refractivity contribution in [2.45, 2.75) is 13.0 Å². The first-order chi connectivity index (χ1) is 10.8. The summed E-state index contributed by atoms with van der Waals surface area (Å²) >= 11 is 0. The number of ether oxygens (including phenoxy) is 2. The summed E-state index contributed by atoms with van der Waals surface area (Å²) in [6.07, 6.45) is 0.773. The summed E-state index contributed by atoms with van der Waals surface area (Å²) in [4.78, 5) is 11.9. The molecule has 0 unspecified atom stereocenters. The van der Waals surface area contributed by atoms with E-state index in [-0.39, 0.29) is 11.8 Å². The fourth-order valence-corrected chi connectivity index (χ4v) is 2.44. The number of methoxy groups -OCH3 is 1. The summed E-state index contributed by atoms with van der Waals surface area (Å²) in [6, 6.07) is 9.39. The number of para-hydroxylation sites is 1. The number of aromatic nitrogens is 1. The molecule has 22 heavy (non-hydrogen) atoms. The van der Waals surface area contributed by atoms with Crippen molar-refractivity contribution >= 4 is 5.91 Å². The third-order valence-corrected chi connectivity index (χ3v) is 3.68. The topological polar surface area (TPSA) is 73.6 Å². The molecule has 2 aromatic rings. The van der Waals surface area contributed by atoms with E-state index < -0.39 is 0 Å². The van der Waals surface area contributed by atoms with Gasteiger partial charge < -0.3 is 19.3 Å². The number of benzene rings is 1. The van der Waals surface area contributed by atoms with E-state index in [1.807, 2.05) is 30.3 Å². The molecular weight excluding hydrogens is 284 g/mol. The lowest BCUT2D eigenvalue weighted by molar-refractivity contribution is -0.125. The van der Waals surface area contributed by atoms with Gasteiger partial charge >= 0.3 is 0 Å². The lowest BCUT2D eigenvalue weighted by atomic mass is 10.1. The Labute approximate surface area is 128 Å². The second-order valence-corrected chi connectivity index (χ2v) is 5.16. The van der Waals surface area contributed by atoms with Crippen LogP contribution in [-0.4, -0.2) is 31.4 Å². The summed E-state index contributed by atoms with van der Waals surface area (Å²) in [6.45, 7) is 1.46. The van der Waals surface area contributed by atoms with Crippen LogP contribution in [0, 0.1) is 5.92 Å². The van der Waals surface area contributed by atoms with Gasteiger partial charge in [-0.1, -0.05) is 17.3 Å². The molecular formula is C16H18N2O4. The second kappa shape index (κ2) is 6.62. The summed E-state index contributed by atoms with van der Waals surface area (Å²) < 4.78 is 15.8. The van der Waals surface area contributed by atoms with E-state index in [4.69, 9.17) is 14.0 Å². The third-order valence-electron chi connectivity index (χ3n) is 3.68. The van der Waals surface area contributed by atoms with E-state index in [0.717, 1.165) is 17.7 Å². The van der Waals surface area contributed by atoms with E-state index in [9.17, 15) is 4.79 Å². The van der Waals surface area contributed by atoms with Crippen LogP contribution < -0.4 is 10.1 Å². The monoisotopic (exact) mass is 302 g/mol.